The minimum absolute atomic E-state index is 0.167. The summed E-state index contributed by atoms with van der Waals surface area (Å²) in [4.78, 5) is 9.44. The summed E-state index contributed by atoms with van der Waals surface area (Å²) in [6, 6.07) is 0. The summed E-state index contributed by atoms with van der Waals surface area (Å²) in [5.74, 6) is 1.25. The number of carbonyl (C=O) groups is 1. The van der Waals surface area contributed by atoms with E-state index in [0.717, 1.165) is 5.92 Å². The molecule has 0 aromatic carbocycles. The maximum atomic E-state index is 9.44. The fourth-order valence-electron chi connectivity index (χ4n) is 0.167. The number of rotatable bonds is 0. The fourth-order valence-corrected chi connectivity index (χ4v) is 0.167. The Morgan fingerprint density at radius 2 is 1.36 bits per heavy atom. The van der Waals surface area contributed by atoms with Crippen LogP contribution in [0.2, 0.25) is 0 Å². The van der Waals surface area contributed by atoms with Crippen LogP contribution < -0.4 is 0 Å². The number of ether oxygens (including phenoxy) is 1. The van der Waals surface area contributed by atoms with E-state index in [1.54, 1.807) is 14.2 Å². The molecule has 68 valence electrons. The number of Topliss-reactive ketones (excluding diaryl/α,β-unsaturated/α-hetero) is 1. The van der Waals surface area contributed by atoms with Crippen LogP contribution in [-0.2, 0) is 9.53 Å². The van der Waals surface area contributed by atoms with E-state index in [9.17, 15) is 4.79 Å². The lowest BCUT2D eigenvalue weighted by molar-refractivity contribution is -0.114. The second-order valence-corrected chi connectivity index (χ2v) is 3.00. The van der Waals surface area contributed by atoms with Crippen LogP contribution >= 0.6 is 0 Å². The molecule has 1 saturated carbocycles. The molecule has 0 radical (unpaired) electrons. The molecule has 1 aliphatic rings. The molecular formula is C9H20O2. The zero-order valence-electron chi connectivity index (χ0n) is 8.31. The fraction of sp³-hybridized carbons (Fsp3) is 0.889. The van der Waals surface area contributed by atoms with Gasteiger partial charge >= 0.3 is 0 Å². The molecule has 1 fully saturated rings. The summed E-state index contributed by atoms with van der Waals surface area (Å²) in [5, 5.41) is 0. The summed E-state index contributed by atoms with van der Waals surface area (Å²) in [6.45, 7) is 5.33. The summed E-state index contributed by atoms with van der Waals surface area (Å²) >= 11 is 0. The van der Waals surface area contributed by atoms with Crippen LogP contribution in [0.4, 0.5) is 0 Å². The highest BCUT2D eigenvalue weighted by atomic mass is 16.4. The second-order valence-electron chi connectivity index (χ2n) is 3.00. The highest BCUT2D eigenvalue weighted by Crippen LogP contribution is 2.26. The maximum Gasteiger partial charge on any atom is 0.126 e. The highest BCUT2D eigenvalue weighted by molar-refractivity contribution is 5.72. The van der Waals surface area contributed by atoms with Crippen molar-refractivity contribution < 1.29 is 9.53 Å². The SMILES string of the molecule is CC(C)=O.CC1CC1.COC. The molecule has 0 heterocycles. The van der Waals surface area contributed by atoms with Crippen molar-refractivity contribution in [3.8, 4) is 0 Å². The average Bonchev–Trinajstić information content (AvgIpc) is 2.51. The molecule has 2 heteroatoms. The Kier molecular flexibility index (Phi) is 11.6. The zero-order valence-corrected chi connectivity index (χ0v) is 8.31. The van der Waals surface area contributed by atoms with Crippen molar-refractivity contribution in [1.29, 1.82) is 0 Å². The van der Waals surface area contributed by atoms with Crippen LogP contribution in [0, 0.1) is 5.92 Å². The topological polar surface area (TPSA) is 26.3 Å². The smallest absolute Gasteiger partial charge is 0.126 e. The van der Waals surface area contributed by atoms with Crippen LogP contribution in [0.15, 0.2) is 0 Å². The van der Waals surface area contributed by atoms with Crippen molar-refractivity contribution in [2.24, 2.45) is 5.92 Å². The van der Waals surface area contributed by atoms with Crippen LogP contribution in [-0.4, -0.2) is 20.0 Å². The number of methoxy groups -OCH3 is 1. The van der Waals surface area contributed by atoms with E-state index in [-0.39, 0.29) is 5.78 Å². The van der Waals surface area contributed by atoms with Gasteiger partial charge in [0.25, 0.3) is 0 Å². The first-order valence-corrected chi connectivity index (χ1v) is 3.91. The summed E-state index contributed by atoms with van der Waals surface area (Å²) in [6.07, 6.45) is 2.97. The first kappa shape index (κ1) is 13.2. The van der Waals surface area contributed by atoms with Crippen molar-refractivity contribution in [3.05, 3.63) is 0 Å². The van der Waals surface area contributed by atoms with Gasteiger partial charge in [-0.3, -0.25) is 0 Å². The van der Waals surface area contributed by atoms with Crippen molar-refractivity contribution in [2.45, 2.75) is 33.6 Å². The molecule has 0 aliphatic heterocycles. The molecular weight excluding hydrogens is 140 g/mol. The molecule has 0 aromatic heterocycles. The molecule has 0 amide bonds. The Morgan fingerprint density at radius 1 is 1.27 bits per heavy atom. The Hall–Kier alpha value is -0.370. The van der Waals surface area contributed by atoms with Crippen LogP contribution in [0.3, 0.4) is 0 Å². The second kappa shape index (κ2) is 9.63. The zero-order chi connectivity index (χ0) is 9.28. The molecule has 2 nitrogen and oxygen atoms in total. The standard InChI is InChI=1S/C4H8.C3H6O.C2H6O/c1-4-2-3-4;1-3(2)4;1-3-2/h4H,2-3H2,1H3;1-2H3;1-2H3. The van der Waals surface area contributed by atoms with Gasteiger partial charge in [0, 0.05) is 14.2 Å². The van der Waals surface area contributed by atoms with Gasteiger partial charge in [0.15, 0.2) is 0 Å². The predicted octanol–water partition coefficient (Wildman–Crippen LogP) is 2.27. The van der Waals surface area contributed by atoms with E-state index in [1.807, 2.05) is 0 Å². The molecule has 0 spiro atoms. The summed E-state index contributed by atoms with van der Waals surface area (Å²) < 4.78 is 4.25. The molecule has 1 aliphatic carbocycles. The van der Waals surface area contributed by atoms with Gasteiger partial charge in [-0.25, -0.2) is 0 Å². The lowest BCUT2D eigenvalue weighted by atomic mass is 10.5. The van der Waals surface area contributed by atoms with Crippen molar-refractivity contribution in [2.75, 3.05) is 14.2 Å². The molecule has 0 bridgehead atoms. The van der Waals surface area contributed by atoms with E-state index in [2.05, 4.69) is 11.7 Å². The van der Waals surface area contributed by atoms with Gasteiger partial charge in [0.2, 0.25) is 0 Å². The Morgan fingerprint density at radius 3 is 1.36 bits per heavy atom. The quantitative estimate of drug-likeness (QED) is 0.543. The lowest BCUT2D eigenvalue weighted by Gasteiger charge is -1.61. The predicted molar refractivity (Wildman–Crippen MR) is 47.7 cm³/mol. The van der Waals surface area contributed by atoms with Crippen LogP contribution in [0.25, 0.3) is 0 Å². The van der Waals surface area contributed by atoms with Crippen molar-refractivity contribution in [1.82, 2.24) is 0 Å². The molecule has 0 unspecified atom stereocenters. The number of ketones is 1. The van der Waals surface area contributed by atoms with E-state index in [4.69, 9.17) is 0 Å². The number of hydrogen-bond acceptors (Lipinski definition) is 2. The molecule has 0 N–H and O–H groups in total. The number of carbonyl (C=O) groups excluding carboxylic acids is 1. The van der Waals surface area contributed by atoms with Crippen LogP contribution in [0.1, 0.15) is 33.6 Å². The molecule has 0 saturated heterocycles. The van der Waals surface area contributed by atoms with E-state index in [1.165, 1.54) is 26.7 Å². The van der Waals surface area contributed by atoms with Gasteiger partial charge < -0.3 is 9.53 Å². The van der Waals surface area contributed by atoms with Crippen molar-refractivity contribution >= 4 is 5.78 Å². The third kappa shape index (κ3) is 81.1. The van der Waals surface area contributed by atoms with E-state index >= 15 is 0 Å². The number of hydrogen-bond donors (Lipinski definition) is 0. The van der Waals surface area contributed by atoms with Gasteiger partial charge in [0.05, 0.1) is 0 Å². The lowest BCUT2D eigenvalue weighted by Crippen LogP contribution is -1.69. The molecule has 1 rings (SSSR count). The van der Waals surface area contributed by atoms with Gasteiger partial charge in [-0.2, -0.15) is 0 Å². The van der Waals surface area contributed by atoms with E-state index in [0.29, 0.717) is 0 Å². The minimum Gasteiger partial charge on any atom is -0.388 e. The third-order valence-corrected chi connectivity index (χ3v) is 0.866. The molecule has 11 heavy (non-hydrogen) atoms. The molecule has 0 aromatic rings. The maximum absolute atomic E-state index is 9.44. The monoisotopic (exact) mass is 160 g/mol. The van der Waals surface area contributed by atoms with Crippen LogP contribution in [0.5, 0.6) is 0 Å². The Bertz CT molecular complexity index is 81.6. The van der Waals surface area contributed by atoms with Gasteiger partial charge in [-0.05, 0) is 19.8 Å². The highest BCUT2D eigenvalue weighted by Gasteiger charge is 2.12. The summed E-state index contributed by atoms with van der Waals surface area (Å²) in [7, 11) is 3.25. The minimum atomic E-state index is 0.167. The van der Waals surface area contributed by atoms with E-state index < -0.39 is 0 Å². The summed E-state index contributed by atoms with van der Waals surface area (Å²) in [5.41, 5.74) is 0. The molecule has 0 atom stereocenters. The first-order valence-electron chi connectivity index (χ1n) is 3.91. The normalized spacial score (nSPS) is 13.5. The van der Waals surface area contributed by atoms with Gasteiger partial charge in [-0.15, -0.1) is 0 Å². The first-order chi connectivity index (χ1) is 5.04. The van der Waals surface area contributed by atoms with Gasteiger partial charge in [0.1, 0.15) is 5.78 Å². The van der Waals surface area contributed by atoms with Gasteiger partial charge in [-0.1, -0.05) is 19.8 Å². The van der Waals surface area contributed by atoms with Crippen molar-refractivity contribution in [3.63, 3.8) is 0 Å². The largest absolute Gasteiger partial charge is 0.388 e. The Labute approximate surface area is 69.9 Å². The third-order valence-electron chi connectivity index (χ3n) is 0.866. The Balaban J connectivity index is 0. The average molecular weight is 160 g/mol.